The molecular formula is C5H12Cl2OSSi. The Hall–Kier alpha value is 1.11. The second kappa shape index (κ2) is 5.72. The summed E-state index contributed by atoms with van der Waals surface area (Å²) in [6.45, 7) is 0.441. The summed E-state index contributed by atoms with van der Waals surface area (Å²) < 4.78 is 4.26. The molecule has 62 valence electrons. The van der Waals surface area contributed by atoms with Crippen LogP contribution in [0.4, 0.5) is 0 Å². The molecule has 0 aliphatic heterocycles. The van der Waals surface area contributed by atoms with E-state index in [1.807, 2.05) is 0 Å². The Bertz CT molecular complexity index is 91.7. The van der Waals surface area contributed by atoms with Crippen LogP contribution >= 0.6 is 35.8 Å². The largest absolute Gasteiger partial charge is 0.425 e. The minimum absolute atomic E-state index is 0.441. The van der Waals surface area contributed by atoms with Crippen molar-refractivity contribution >= 4 is 46.3 Å². The van der Waals surface area contributed by atoms with E-state index >= 15 is 0 Å². The molecule has 0 aromatic heterocycles. The quantitative estimate of drug-likeness (QED) is 0.415. The van der Waals surface area contributed by atoms with Crippen molar-refractivity contribution in [3.63, 3.8) is 0 Å². The molecule has 0 unspecified atom stereocenters. The van der Waals surface area contributed by atoms with E-state index in [9.17, 15) is 0 Å². The summed E-state index contributed by atoms with van der Waals surface area (Å²) in [4.78, 5) is 0. The van der Waals surface area contributed by atoms with E-state index in [-0.39, 0.29) is 0 Å². The highest BCUT2D eigenvalue weighted by Crippen LogP contribution is 2.26. The maximum absolute atomic E-state index is 5.84. The second-order valence-electron chi connectivity index (χ2n) is 2.12. The number of halogens is 2. The molecule has 0 aromatic rings. The highest BCUT2D eigenvalue weighted by atomic mass is 35.5. The molecule has 0 radical (unpaired) electrons. The Morgan fingerprint density at radius 2 is 2.10 bits per heavy atom. The number of hydrogen-bond acceptors (Lipinski definition) is 2. The molecule has 0 aliphatic rings. The van der Waals surface area contributed by atoms with Gasteiger partial charge in [-0.25, -0.2) is 0 Å². The van der Waals surface area contributed by atoms with Crippen molar-refractivity contribution in [2.75, 3.05) is 12.4 Å². The first-order valence-electron chi connectivity index (χ1n) is 3.10. The smallest absolute Gasteiger partial charge is 0.146 e. The van der Waals surface area contributed by atoms with E-state index in [1.54, 1.807) is 0 Å². The fourth-order valence-electron chi connectivity index (χ4n) is 0.621. The SMILES string of the molecule is [SiH3]OCC(Cl)(Cl)CCCS. The van der Waals surface area contributed by atoms with Gasteiger partial charge >= 0.3 is 0 Å². The van der Waals surface area contributed by atoms with Gasteiger partial charge in [0.2, 0.25) is 0 Å². The van der Waals surface area contributed by atoms with E-state index < -0.39 is 4.33 Å². The van der Waals surface area contributed by atoms with Gasteiger partial charge in [0, 0.05) is 0 Å². The van der Waals surface area contributed by atoms with Crippen LogP contribution in [0.1, 0.15) is 12.8 Å². The predicted octanol–water partition coefficient (Wildman–Crippen LogP) is 1.17. The van der Waals surface area contributed by atoms with Crippen molar-refractivity contribution in [2.24, 2.45) is 0 Å². The van der Waals surface area contributed by atoms with Crippen molar-refractivity contribution in [2.45, 2.75) is 17.2 Å². The molecule has 5 heteroatoms. The van der Waals surface area contributed by atoms with Crippen LogP contribution in [0, 0.1) is 0 Å². The van der Waals surface area contributed by atoms with Gasteiger partial charge in [-0.05, 0) is 18.6 Å². The topological polar surface area (TPSA) is 9.23 Å². The van der Waals surface area contributed by atoms with Crippen LogP contribution in [0.25, 0.3) is 0 Å². The Balaban J connectivity index is 3.42. The molecule has 1 nitrogen and oxygen atoms in total. The maximum atomic E-state index is 5.84. The first-order valence-corrected chi connectivity index (χ1v) is 5.30. The third-order valence-corrected chi connectivity index (χ3v) is 2.26. The highest BCUT2D eigenvalue weighted by molar-refractivity contribution is 7.80. The molecule has 0 saturated heterocycles. The third kappa shape index (κ3) is 5.86. The molecule has 0 spiro atoms. The summed E-state index contributed by atoms with van der Waals surface area (Å²) in [6.07, 6.45) is 1.68. The van der Waals surface area contributed by atoms with Gasteiger partial charge < -0.3 is 4.43 Å². The zero-order valence-electron chi connectivity index (χ0n) is 5.94. The molecule has 0 rings (SSSR count). The first kappa shape index (κ1) is 11.1. The van der Waals surface area contributed by atoms with E-state index in [0.29, 0.717) is 17.1 Å². The summed E-state index contributed by atoms with van der Waals surface area (Å²) in [6, 6.07) is 0. The van der Waals surface area contributed by atoms with Crippen molar-refractivity contribution in [3.05, 3.63) is 0 Å². The Morgan fingerprint density at radius 3 is 2.50 bits per heavy atom. The molecule has 0 aliphatic carbocycles. The molecule has 0 heterocycles. The van der Waals surface area contributed by atoms with Gasteiger partial charge in [-0.15, -0.1) is 0 Å². The lowest BCUT2D eigenvalue weighted by atomic mass is 10.2. The zero-order chi connectivity index (χ0) is 8.04. The molecule has 0 saturated carbocycles. The standard InChI is InChI=1S/C5H12Cl2OSSi/c6-5(7,4-8-10)2-1-3-9/h9H,1-4H2,10H3. The second-order valence-corrected chi connectivity index (χ2v) is 4.78. The van der Waals surface area contributed by atoms with Crippen LogP contribution in [0.3, 0.4) is 0 Å². The average Bonchev–Trinajstić information content (AvgIpc) is 1.84. The minimum atomic E-state index is -0.690. The summed E-state index contributed by atoms with van der Waals surface area (Å²) in [5.41, 5.74) is 0. The first-order chi connectivity index (χ1) is 4.62. The summed E-state index contributed by atoms with van der Waals surface area (Å²) >= 11 is 15.7. The fourth-order valence-corrected chi connectivity index (χ4v) is 2.12. The molecular weight excluding hydrogens is 207 g/mol. The van der Waals surface area contributed by atoms with E-state index in [1.165, 1.54) is 0 Å². The van der Waals surface area contributed by atoms with Crippen molar-refractivity contribution in [1.82, 2.24) is 0 Å². The van der Waals surface area contributed by atoms with Gasteiger partial charge in [0.05, 0.1) is 6.61 Å². The summed E-state index contributed by atoms with van der Waals surface area (Å²) in [5, 5.41) is 0. The van der Waals surface area contributed by atoms with E-state index in [0.717, 1.165) is 18.6 Å². The lowest BCUT2D eigenvalue weighted by molar-refractivity contribution is 0.323. The average molecular weight is 219 g/mol. The van der Waals surface area contributed by atoms with Crippen LogP contribution in [0.2, 0.25) is 0 Å². The Labute approximate surface area is 80.4 Å². The minimum Gasteiger partial charge on any atom is -0.425 e. The molecule has 0 bridgehead atoms. The van der Waals surface area contributed by atoms with Crippen molar-refractivity contribution in [1.29, 1.82) is 0 Å². The number of rotatable bonds is 5. The Morgan fingerprint density at radius 1 is 1.50 bits per heavy atom. The van der Waals surface area contributed by atoms with Crippen molar-refractivity contribution < 1.29 is 4.43 Å². The van der Waals surface area contributed by atoms with Gasteiger partial charge in [0.25, 0.3) is 0 Å². The number of hydrogen-bond donors (Lipinski definition) is 1. The van der Waals surface area contributed by atoms with Gasteiger partial charge in [-0.2, -0.15) is 12.6 Å². The highest BCUT2D eigenvalue weighted by Gasteiger charge is 2.21. The lowest BCUT2D eigenvalue weighted by Crippen LogP contribution is -2.20. The predicted molar refractivity (Wildman–Crippen MR) is 53.4 cm³/mol. The number of alkyl halides is 2. The van der Waals surface area contributed by atoms with Crippen LogP contribution < -0.4 is 0 Å². The van der Waals surface area contributed by atoms with Crippen molar-refractivity contribution in [3.8, 4) is 0 Å². The maximum Gasteiger partial charge on any atom is 0.146 e. The molecule has 0 aromatic carbocycles. The lowest BCUT2D eigenvalue weighted by Gasteiger charge is -2.17. The van der Waals surface area contributed by atoms with Crippen LogP contribution in [-0.4, -0.2) is 27.2 Å². The molecule has 0 N–H and O–H groups in total. The van der Waals surface area contributed by atoms with Gasteiger partial charge in [-0.1, -0.05) is 23.2 Å². The third-order valence-electron chi connectivity index (χ3n) is 1.06. The Kier molecular flexibility index (Phi) is 6.35. The zero-order valence-corrected chi connectivity index (χ0v) is 10.3. The number of thiol groups is 1. The van der Waals surface area contributed by atoms with Crippen LogP contribution in [0.15, 0.2) is 0 Å². The van der Waals surface area contributed by atoms with Crippen LogP contribution in [-0.2, 0) is 4.43 Å². The summed E-state index contributed by atoms with van der Waals surface area (Å²) in [5.74, 6) is 0.822. The fraction of sp³-hybridized carbons (Fsp3) is 1.00. The van der Waals surface area contributed by atoms with Gasteiger partial charge in [0.1, 0.15) is 14.8 Å². The van der Waals surface area contributed by atoms with E-state index in [2.05, 4.69) is 12.6 Å². The molecule has 0 amide bonds. The molecule has 10 heavy (non-hydrogen) atoms. The molecule has 0 atom stereocenters. The van der Waals surface area contributed by atoms with E-state index in [4.69, 9.17) is 27.6 Å². The van der Waals surface area contributed by atoms with Gasteiger partial charge in [-0.3, -0.25) is 0 Å². The summed E-state index contributed by atoms with van der Waals surface area (Å²) in [7, 11) is 0.691. The normalized spacial score (nSPS) is 12.3. The molecule has 0 fully saturated rings. The van der Waals surface area contributed by atoms with Gasteiger partial charge in [0.15, 0.2) is 0 Å². The monoisotopic (exact) mass is 218 g/mol. The van der Waals surface area contributed by atoms with Crippen LogP contribution in [0.5, 0.6) is 0 Å².